The summed E-state index contributed by atoms with van der Waals surface area (Å²) in [5, 5.41) is 0. The van der Waals surface area contributed by atoms with E-state index in [1.54, 1.807) is 39.0 Å². The number of benzene rings is 1. The minimum Gasteiger partial charge on any atom is -0.443 e. The van der Waals surface area contributed by atoms with Crippen LogP contribution in [0.1, 0.15) is 20.8 Å². The largest absolute Gasteiger partial charge is 0.443 e. The van der Waals surface area contributed by atoms with E-state index in [2.05, 4.69) is 0 Å². The van der Waals surface area contributed by atoms with Crippen molar-refractivity contribution in [1.29, 1.82) is 0 Å². The number of rotatable bonds is 3. The first-order valence-corrected chi connectivity index (χ1v) is 6.75. The third kappa shape index (κ3) is 4.72. The van der Waals surface area contributed by atoms with Crippen molar-refractivity contribution in [2.75, 3.05) is 0 Å². The van der Waals surface area contributed by atoms with E-state index in [4.69, 9.17) is 4.74 Å². The molecule has 0 aliphatic rings. The summed E-state index contributed by atoms with van der Waals surface area (Å²) in [6.45, 7) is 5.04. The molecule has 2 N–H and O–H groups in total. The normalized spacial score (nSPS) is 11.9. The topological polar surface area (TPSA) is 84.5 Å². The van der Waals surface area contributed by atoms with Gasteiger partial charge in [-0.3, -0.25) is 0 Å². The molecule has 0 bridgehead atoms. The summed E-state index contributed by atoms with van der Waals surface area (Å²) in [5.41, 5.74) is 1.29. The van der Waals surface area contributed by atoms with E-state index in [1.165, 1.54) is 12.1 Å². The number of carbonyl (C=O) groups excluding carboxylic acids is 1. The summed E-state index contributed by atoms with van der Waals surface area (Å²) in [4.78, 5) is 13.3. The van der Waals surface area contributed by atoms with Crippen LogP contribution in [0.2, 0.25) is 0 Å². The average Bonchev–Trinajstić information content (AvgIpc) is 2.26. The maximum absolute atomic E-state index is 11.7. The van der Waals surface area contributed by atoms with Crippen LogP contribution < -0.4 is 10.3 Å². The molecule has 0 saturated carbocycles. The van der Waals surface area contributed by atoms with Crippen molar-refractivity contribution >= 4 is 16.1 Å². The van der Waals surface area contributed by atoms with Crippen LogP contribution in [0.4, 0.5) is 4.79 Å². The number of ether oxygens (including phenoxy) is 1. The van der Waals surface area contributed by atoms with Gasteiger partial charge in [0.1, 0.15) is 5.60 Å². The minimum atomic E-state index is -3.77. The Morgan fingerprint density at radius 2 is 1.72 bits per heavy atom. The molecule has 1 aromatic rings. The smallest absolute Gasteiger partial charge is 0.423 e. The second-order valence-corrected chi connectivity index (χ2v) is 6.23. The van der Waals surface area contributed by atoms with Gasteiger partial charge in [0.2, 0.25) is 0 Å². The van der Waals surface area contributed by atoms with Crippen LogP contribution in [0.25, 0.3) is 0 Å². The van der Waals surface area contributed by atoms with Gasteiger partial charge in [-0.05, 0) is 32.9 Å². The molecule has 0 atom stereocenters. The Kier molecular flexibility index (Phi) is 4.31. The first kappa shape index (κ1) is 14.5. The van der Waals surface area contributed by atoms with Crippen LogP contribution in [-0.4, -0.2) is 20.1 Å². The lowest BCUT2D eigenvalue weighted by atomic mass is 10.2. The summed E-state index contributed by atoms with van der Waals surface area (Å²) in [6, 6.07) is 7.70. The van der Waals surface area contributed by atoms with E-state index in [9.17, 15) is 13.2 Å². The summed E-state index contributed by atoms with van der Waals surface area (Å²) >= 11 is 0. The SMILES string of the molecule is CC(C)(C)OC(=O)NNS(=O)(=O)c1ccccc1. The fourth-order valence-electron chi connectivity index (χ4n) is 1.07. The molecule has 0 spiro atoms. The second kappa shape index (κ2) is 5.36. The number of carbonyl (C=O) groups is 1. The lowest BCUT2D eigenvalue weighted by molar-refractivity contribution is 0.0515. The highest BCUT2D eigenvalue weighted by molar-refractivity contribution is 7.89. The quantitative estimate of drug-likeness (QED) is 0.815. The van der Waals surface area contributed by atoms with Gasteiger partial charge < -0.3 is 4.74 Å². The predicted molar refractivity (Wildman–Crippen MR) is 66.1 cm³/mol. The Morgan fingerprint density at radius 1 is 1.17 bits per heavy atom. The van der Waals surface area contributed by atoms with Gasteiger partial charge in [0.25, 0.3) is 10.0 Å². The molecule has 1 rings (SSSR count). The zero-order valence-electron chi connectivity index (χ0n) is 10.4. The van der Waals surface area contributed by atoms with E-state index < -0.39 is 21.7 Å². The van der Waals surface area contributed by atoms with Crippen molar-refractivity contribution in [3.63, 3.8) is 0 Å². The van der Waals surface area contributed by atoms with Gasteiger partial charge in [0.05, 0.1) is 4.90 Å². The van der Waals surface area contributed by atoms with Crippen molar-refractivity contribution < 1.29 is 17.9 Å². The molecule has 0 heterocycles. The van der Waals surface area contributed by atoms with Gasteiger partial charge in [0.15, 0.2) is 0 Å². The molecule has 0 aliphatic heterocycles. The molecule has 0 unspecified atom stereocenters. The third-order valence-corrected chi connectivity index (χ3v) is 3.00. The molecule has 1 amide bonds. The maximum atomic E-state index is 11.7. The Labute approximate surface area is 106 Å². The van der Waals surface area contributed by atoms with Crippen molar-refractivity contribution in [3.8, 4) is 0 Å². The monoisotopic (exact) mass is 272 g/mol. The highest BCUT2D eigenvalue weighted by Gasteiger charge is 2.19. The zero-order chi connectivity index (χ0) is 13.8. The number of nitrogens with one attached hydrogen (secondary N) is 2. The minimum absolute atomic E-state index is 0.0565. The average molecular weight is 272 g/mol. The van der Waals surface area contributed by atoms with E-state index in [-0.39, 0.29) is 4.90 Å². The molecule has 1 aromatic carbocycles. The van der Waals surface area contributed by atoms with Crippen molar-refractivity contribution in [2.24, 2.45) is 0 Å². The Morgan fingerprint density at radius 3 is 2.22 bits per heavy atom. The maximum Gasteiger partial charge on any atom is 0.423 e. The molecular formula is C11H16N2O4S. The first-order valence-electron chi connectivity index (χ1n) is 5.26. The van der Waals surface area contributed by atoms with Crippen LogP contribution in [0.3, 0.4) is 0 Å². The molecular weight excluding hydrogens is 256 g/mol. The Hall–Kier alpha value is -1.60. The number of hydrogen-bond donors (Lipinski definition) is 2. The number of hydrogen-bond acceptors (Lipinski definition) is 4. The summed E-state index contributed by atoms with van der Waals surface area (Å²) < 4.78 is 28.3. The van der Waals surface area contributed by atoms with E-state index in [0.717, 1.165) is 0 Å². The standard InChI is InChI=1S/C11H16N2O4S/c1-11(2,3)17-10(14)12-13-18(15,16)9-7-5-4-6-8-9/h4-8,13H,1-3H3,(H,12,14). The number of amides is 1. The molecule has 18 heavy (non-hydrogen) atoms. The van der Waals surface area contributed by atoms with Gasteiger partial charge in [0, 0.05) is 0 Å². The highest BCUT2D eigenvalue weighted by atomic mass is 32.2. The first-order chi connectivity index (χ1) is 8.21. The van der Waals surface area contributed by atoms with Crippen LogP contribution in [0.5, 0.6) is 0 Å². The van der Waals surface area contributed by atoms with Crippen LogP contribution in [0, 0.1) is 0 Å². The fourth-order valence-corrected chi connectivity index (χ4v) is 1.92. The van der Waals surface area contributed by atoms with Gasteiger partial charge in [-0.1, -0.05) is 18.2 Å². The molecule has 0 aromatic heterocycles. The van der Waals surface area contributed by atoms with Crippen LogP contribution in [-0.2, 0) is 14.8 Å². The third-order valence-electron chi connectivity index (χ3n) is 1.74. The van der Waals surface area contributed by atoms with Crippen molar-refractivity contribution in [3.05, 3.63) is 30.3 Å². The lowest BCUT2D eigenvalue weighted by Crippen LogP contribution is -2.44. The molecule has 7 heteroatoms. The molecule has 100 valence electrons. The van der Waals surface area contributed by atoms with Crippen LogP contribution >= 0.6 is 0 Å². The number of hydrazine groups is 1. The molecule has 0 fully saturated rings. The van der Waals surface area contributed by atoms with Gasteiger partial charge in [-0.2, -0.15) is 0 Å². The summed E-state index contributed by atoms with van der Waals surface area (Å²) in [6.07, 6.45) is -0.859. The van der Waals surface area contributed by atoms with Gasteiger partial charge in [-0.15, -0.1) is 4.83 Å². The predicted octanol–water partition coefficient (Wildman–Crippen LogP) is 1.40. The molecule has 0 radical (unpaired) electrons. The lowest BCUT2D eigenvalue weighted by Gasteiger charge is -2.19. The summed E-state index contributed by atoms with van der Waals surface area (Å²) in [5.74, 6) is 0. The van der Waals surface area contributed by atoms with Crippen LogP contribution in [0.15, 0.2) is 35.2 Å². The second-order valence-electron chi connectivity index (χ2n) is 4.55. The summed E-state index contributed by atoms with van der Waals surface area (Å²) in [7, 11) is -3.77. The van der Waals surface area contributed by atoms with Gasteiger partial charge >= 0.3 is 6.09 Å². The van der Waals surface area contributed by atoms with Crippen molar-refractivity contribution in [1.82, 2.24) is 10.3 Å². The zero-order valence-corrected chi connectivity index (χ0v) is 11.2. The fraction of sp³-hybridized carbons (Fsp3) is 0.364. The highest BCUT2D eigenvalue weighted by Crippen LogP contribution is 2.07. The Balaban J connectivity index is 2.61. The molecule has 6 nitrogen and oxygen atoms in total. The van der Waals surface area contributed by atoms with E-state index in [1.807, 2.05) is 10.3 Å². The Bertz CT molecular complexity index is 506. The van der Waals surface area contributed by atoms with Gasteiger partial charge in [-0.25, -0.2) is 18.6 Å². The molecule has 0 aliphatic carbocycles. The molecule has 0 saturated heterocycles. The van der Waals surface area contributed by atoms with E-state index in [0.29, 0.717) is 0 Å². The van der Waals surface area contributed by atoms with E-state index >= 15 is 0 Å². The van der Waals surface area contributed by atoms with Crippen molar-refractivity contribution in [2.45, 2.75) is 31.3 Å². The number of sulfonamides is 1.